The molecule has 0 bridgehead atoms. The summed E-state index contributed by atoms with van der Waals surface area (Å²) in [6, 6.07) is 27.2. The molecule has 2 aliphatic heterocycles. The molecule has 3 aromatic rings. The van der Waals surface area contributed by atoms with Crippen molar-refractivity contribution < 1.29 is 33.4 Å². The molecule has 2 heterocycles. The first-order chi connectivity index (χ1) is 21.2. The number of rotatable bonds is 8. The van der Waals surface area contributed by atoms with E-state index in [9.17, 15) is 19.2 Å². The summed E-state index contributed by atoms with van der Waals surface area (Å²) in [5.41, 5.74) is 1.27. The van der Waals surface area contributed by atoms with E-state index >= 15 is 0 Å². The molecule has 4 atom stereocenters. The third kappa shape index (κ3) is 4.89. The van der Waals surface area contributed by atoms with Crippen LogP contribution in [0.1, 0.15) is 43.1 Å². The molecule has 2 fully saturated rings. The van der Waals surface area contributed by atoms with Crippen molar-refractivity contribution in [2.24, 2.45) is 11.3 Å². The zero-order valence-electron chi connectivity index (χ0n) is 24.7. The summed E-state index contributed by atoms with van der Waals surface area (Å²) in [6.45, 7) is 3.82. The Morgan fingerprint density at radius 1 is 0.886 bits per heavy atom. The molecule has 9 heteroatoms. The maximum absolute atomic E-state index is 14.2. The van der Waals surface area contributed by atoms with Gasteiger partial charge in [0, 0.05) is 10.3 Å². The number of nitrogens with zero attached hydrogens (tertiary/aromatic N) is 1. The molecule has 8 nitrogen and oxygen atoms in total. The number of benzene rings is 3. The minimum absolute atomic E-state index is 0.0289. The maximum Gasteiger partial charge on any atom is 0.334 e. The van der Waals surface area contributed by atoms with Crippen LogP contribution in [0.4, 0.5) is 0 Å². The van der Waals surface area contributed by atoms with Crippen molar-refractivity contribution in [2.75, 3.05) is 7.11 Å². The molecule has 0 aromatic heterocycles. The standard InChI is InChI=1S/C35H33NO7S/c1-34(2)28(31(39)43-27(23-15-9-5-10-16-23)24-17-11-6-12-18-24)36-32(40)35(33(36)44-34)20-19-25(26(35)30(38)41-3)29(37)42-21-22-13-7-4-8-14-22/h4-19,26-28,33H,20-21H2,1-3H3/t26?,28-,33+,35?/m0/s1. The van der Waals surface area contributed by atoms with Crippen molar-refractivity contribution in [3.05, 3.63) is 119 Å². The minimum Gasteiger partial charge on any atom is -0.469 e. The number of hydrogen-bond donors (Lipinski definition) is 0. The van der Waals surface area contributed by atoms with Crippen LogP contribution in [0.5, 0.6) is 0 Å². The van der Waals surface area contributed by atoms with E-state index in [1.807, 2.05) is 105 Å². The Bertz CT molecular complexity index is 1570. The summed E-state index contributed by atoms with van der Waals surface area (Å²) < 4.78 is 16.1. The Morgan fingerprint density at radius 2 is 1.45 bits per heavy atom. The molecule has 44 heavy (non-hydrogen) atoms. The summed E-state index contributed by atoms with van der Waals surface area (Å²) in [4.78, 5) is 56.2. The molecule has 3 aromatic carbocycles. The highest BCUT2D eigenvalue weighted by molar-refractivity contribution is 8.01. The largest absolute Gasteiger partial charge is 0.469 e. The van der Waals surface area contributed by atoms with E-state index in [-0.39, 0.29) is 24.5 Å². The SMILES string of the molecule is COC(=O)C1C(C(=O)OCc2ccccc2)=CCC12C(=O)N1[C@@H](C(=O)OC(c3ccccc3)c3ccccc3)C(C)(C)S[C@@H]12. The molecular formula is C35H33NO7S. The number of methoxy groups -OCH3 is 1. The highest BCUT2D eigenvalue weighted by Crippen LogP contribution is 2.66. The lowest BCUT2D eigenvalue weighted by molar-refractivity contribution is -0.185. The Morgan fingerprint density at radius 3 is 2.02 bits per heavy atom. The van der Waals surface area contributed by atoms with Gasteiger partial charge in [0.25, 0.3) is 0 Å². The van der Waals surface area contributed by atoms with Crippen LogP contribution in [-0.4, -0.2) is 52.0 Å². The van der Waals surface area contributed by atoms with Gasteiger partial charge < -0.3 is 19.1 Å². The summed E-state index contributed by atoms with van der Waals surface area (Å²) in [5.74, 6) is -3.41. The zero-order valence-corrected chi connectivity index (χ0v) is 25.5. The van der Waals surface area contributed by atoms with Gasteiger partial charge in [0.15, 0.2) is 6.10 Å². The Hall–Kier alpha value is -4.37. The van der Waals surface area contributed by atoms with Gasteiger partial charge >= 0.3 is 17.9 Å². The molecule has 2 saturated heterocycles. The Balaban J connectivity index is 1.26. The molecule has 2 unspecified atom stereocenters. The first-order valence-electron chi connectivity index (χ1n) is 14.5. The Kier molecular flexibility index (Phi) is 7.84. The number of amides is 1. The van der Waals surface area contributed by atoms with Gasteiger partial charge in [0.2, 0.25) is 5.91 Å². The fourth-order valence-corrected chi connectivity index (χ4v) is 8.40. The predicted octanol–water partition coefficient (Wildman–Crippen LogP) is 5.23. The lowest BCUT2D eigenvalue weighted by Crippen LogP contribution is -2.71. The summed E-state index contributed by atoms with van der Waals surface area (Å²) >= 11 is 1.44. The number of carbonyl (C=O) groups is 4. The van der Waals surface area contributed by atoms with Gasteiger partial charge in [-0.2, -0.15) is 0 Å². The van der Waals surface area contributed by atoms with E-state index in [1.165, 1.54) is 23.8 Å². The van der Waals surface area contributed by atoms with Crippen LogP contribution < -0.4 is 0 Å². The van der Waals surface area contributed by atoms with Gasteiger partial charge in [-0.15, -0.1) is 11.8 Å². The number of esters is 3. The van der Waals surface area contributed by atoms with E-state index in [1.54, 1.807) is 6.08 Å². The minimum atomic E-state index is -1.26. The van der Waals surface area contributed by atoms with Gasteiger partial charge in [0.1, 0.15) is 24.0 Å². The molecule has 0 radical (unpaired) electrons. The van der Waals surface area contributed by atoms with Crippen molar-refractivity contribution in [3.8, 4) is 0 Å². The smallest absolute Gasteiger partial charge is 0.334 e. The second-order valence-electron chi connectivity index (χ2n) is 11.7. The van der Waals surface area contributed by atoms with E-state index in [4.69, 9.17) is 14.2 Å². The third-order valence-electron chi connectivity index (χ3n) is 8.71. The van der Waals surface area contributed by atoms with Gasteiger partial charge in [-0.3, -0.25) is 9.59 Å². The molecule has 1 aliphatic carbocycles. The third-order valence-corrected chi connectivity index (χ3v) is 10.4. The van der Waals surface area contributed by atoms with Crippen molar-refractivity contribution in [1.82, 2.24) is 4.90 Å². The summed E-state index contributed by atoms with van der Waals surface area (Å²) in [5, 5.41) is -0.547. The van der Waals surface area contributed by atoms with E-state index in [2.05, 4.69) is 0 Å². The molecule has 6 rings (SSSR count). The summed E-state index contributed by atoms with van der Waals surface area (Å²) in [7, 11) is 1.24. The topological polar surface area (TPSA) is 99.2 Å². The van der Waals surface area contributed by atoms with Crippen molar-refractivity contribution >= 4 is 35.6 Å². The Labute approximate surface area is 260 Å². The van der Waals surface area contributed by atoms with Gasteiger partial charge in [-0.05, 0) is 37.0 Å². The lowest BCUT2D eigenvalue weighted by Gasteiger charge is -2.54. The molecular weight excluding hydrogens is 578 g/mol. The van der Waals surface area contributed by atoms with Crippen molar-refractivity contribution in [3.63, 3.8) is 0 Å². The van der Waals surface area contributed by atoms with Crippen LogP contribution in [0, 0.1) is 11.3 Å². The zero-order chi connectivity index (χ0) is 31.1. The average Bonchev–Trinajstić information content (AvgIpc) is 3.59. The normalized spacial score (nSPS) is 24.8. The molecule has 1 amide bonds. The van der Waals surface area contributed by atoms with Gasteiger partial charge in [-0.25, -0.2) is 9.59 Å². The fourth-order valence-electron chi connectivity index (χ4n) is 6.61. The maximum atomic E-state index is 14.2. The highest BCUT2D eigenvalue weighted by atomic mass is 32.2. The molecule has 226 valence electrons. The van der Waals surface area contributed by atoms with Gasteiger partial charge in [0.05, 0.1) is 12.5 Å². The van der Waals surface area contributed by atoms with Crippen LogP contribution in [0.2, 0.25) is 0 Å². The molecule has 0 saturated carbocycles. The quantitative estimate of drug-likeness (QED) is 0.194. The first kappa shape index (κ1) is 29.7. The number of thioether (sulfide) groups is 1. The number of hydrogen-bond acceptors (Lipinski definition) is 8. The van der Waals surface area contributed by atoms with Crippen LogP contribution in [-0.2, 0) is 40.0 Å². The van der Waals surface area contributed by atoms with Crippen LogP contribution in [0.25, 0.3) is 0 Å². The van der Waals surface area contributed by atoms with Gasteiger partial charge in [-0.1, -0.05) is 97.1 Å². The second-order valence-corrected chi connectivity index (χ2v) is 13.5. The van der Waals surface area contributed by atoms with E-state index in [0.717, 1.165) is 16.7 Å². The van der Waals surface area contributed by atoms with Crippen LogP contribution in [0.3, 0.4) is 0 Å². The number of allylic oxidation sites excluding steroid dienone is 1. The lowest BCUT2D eigenvalue weighted by atomic mass is 9.67. The number of ether oxygens (including phenoxy) is 3. The second kappa shape index (κ2) is 11.6. The number of carbonyl (C=O) groups excluding carboxylic acids is 4. The molecule has 0 N–H and O–H groups in total. The molecule has 1 spiro atoms. The predicted molar refractivity (Wildman–Crippen MR) is 164 cm³/mol. The van der Waals surface area contributed by atoms with Crippen LogP contribution in [0.15, 0.2) is 103 Å². The van der Waals surface area contributed by atoms with Crippen LogP contribution >= 0.6 is 11.8 Å². The van der Waals surface area contributed by atoms with Crippen molar-refractivity contribution in [1.29, 1.82) is 0 Å². The van der Waals surface area contributed by atoms with E-state index < -0.39 is 51.5 Å². The fraction of sp³-hybridized carbons (Fsp3) is 0.314. The average molecular weight is 612 g/mol. The molecule has 3 aliphatic rings. The first-order valence-corrected chi connectivity index (χ1v) is 15.4. The van der Waals surface area contributed by atoms with E-state index in [0.29, 0.717) is 0 Å². The van der Waals surface area contributed by atoms with Crippen molar-refractivity contribution in [2.45, 2.75) is 49.1 Å². The monoisotopic (exact) mass is 611 g/mol. The number of fused-ring (bicyclic) bond motifs is 2. The number of β-lactam (4-membered cyclic amide) rings is 1. The highest BCUT2D eigenvalue weighted by Gasteiger charge is 2.76. The summed E-state index contributed by atoms with van der Waals surface area (Å²) in [6.07, 6.45) is 1.10.